The maximum atomic E-state index is 12.2. The molecule has 0 atom stereocenters. The number of rotatable bonds is 8. The molecule has 0 aliphatic heterocycles. The highest BCUT2D eigenvalue weighted by Gasteiger charge is 2.14. The molecule has 0 unspecified atom stereocenters. The molecule has 0 saturated carbocycles. The van der Waals surface area contributed by atoms with Crippen molar-refractivity contribution in [3.05, 3.63) is 58.6 Å². The topological polar surface area (TPSA) is 80.2 Å². The van der Waals surface area contributed by atoms with E-state index in [0.29, 0.717) is 41.7 Å². The number of oxime groups is 1. The Morgan fingerprint density at radius 2 is 1.92 bits per heavy atom. The molecule has 2 aromatic carbocycles. The van der Waals surface area contributed by atoms with Gasteiger partial charge in [-0.2, -0.15) is 0 Å². The molecule has 0 fully saturated rings. The van der Waals surface area contributed by atoms with Crippen LogP contribution in [0.3, 0.4) is 0 Å². The van der Waals surface area contributed by atoms with Gasteiger partial charge in [-0.05, 0) is 43.2 Å². The number of carbonyl (C=O) groups is 1. The van der Waals surface area contributed by atoms with Gasteiger partial charge in [0.25, 0.3) is 5.91 Å². The molecular weight excluding hydrogens is 356 g/mol. The van der Waals surface area contributed by atoms with Gasteiger partial charge in [0.2, 0.25) is 0 Å². The third-order valence-electron chi connectivity index (χ3n) is 3.66. The van der Waals surface area contributed by atoms with Gasteiger partial charge in [0, 0.05) is 17.1 Å². The highest BCUT2D eigenvalue weighted by Crippen LogP contribution is 2.28. The molecule has 0 aromatic heterocycles. The monoisotopic (exact) mass is 376 g/mol. The first kappa shape index (κ1) is 19.6. The Balaban J connectivity index is 1.96. The summed E-state index contributed by atoms with van der Waals surface area (Å²) >= 11 is 5.82. The number of hydrogen-bond acceptors (Lipinski definition) is 5. The van der Waals surface area contributed by atoms with Gasteiger partial charge in [0.05, 0.1) is 13.7 Å². The minimum Gasteiger partial charge on any atom is -0.493 e. The van der Waals surface area contributed by atoms with Gasteiger partial charge >= 0.3 is 0 Å². The van der Waals surface area contributed by atoms with Crippen LogP contribution in [0.2, 0.25) is 5.02 Å². The summed E-state index contributed by atoms with van der Waals surface area (Å²) in [7, 11) is 1.58. The Bertz CT molecular complexity index is 776. The molecule has 2 N–H and O–H groups in total. The Hall–Kier alpha value is -2.73. The van der Waals surface area contributed by atoms with Crippen molar-refractivity contribution in [1.29, 1.82) is 0 Å². The highest BCUT2D eigenvalue weighted by molar-refractivity contribution is 6.45. The van der Waals surface area contributed by atoms with Gasteiger partial charge in [-0.3, -0.25) is 4.79 Å². The number of halogens is 1. The SMILES string of the molecule is CCOc1ccc(CCNC(=O)/C(=N/O)c2ccc(Cl)cc2)cc1OC. The van der Waals surface area contributed by atoms with Crippen LogP contribution in [-0.2, 0) is 11.2 Å². The van der Waals surface area contributed by atoms with Gasteiger partial charge in [0.15, 0.2) is 17.2 Å². The third kappa shape index (κ3) is 5.13. The second kappa shape index (κ2) is 9.68. The van der Waals surface area contributed by atoms with E-state index in [4.69, 9.17) is 26.3 Å². The lowest BCUT2D eigenvalue weighted by Crippen LogP contribution is -2.33. The van der Waals surface area contributed by atoms with E-state index in [1.165, 1.54) is 0 Å². The summed E-state index contributed by atoms with van der Waals surface area (Å²) in [5, 5.41) is 15.5. The minimum atomic E-state index is -0.465. The van der Waals surface area contributed by atoms with E-state index in [9.17, 15) is 4.79 Å². The van der Waals surface area contributed by atoms with Crippen LogP contribution in [0.25, 0.3) is 0 Å². The molecule has 26 heavy (non-hydrogen) atoms. The number of methoxy groups -OCH3 is 1. The fourth-order valence-electron chi connectivity index (χ4n) is 2.39. The summed E-state index contributed by atoms with van der Waals surface area (Å²) in [5.41, 5.74) is 1.41. The maximum absolute atomic E-state index is 12.2. The molecule has 0 aliphatic carbocycles. The van der Waals surface area contributed by atoms with Gasteiger partial charge < -0.3 is 20.0 Å². The first-order valence-electron chi connectivity index (χ1n) is 8.15. The fraction of sp³-hybridized carbons (Fsp3) is 0.263. The smallest absolute Gasteiger partial charge is 0.273 e. The lowest BCUT2D eigenvalue weighted by molar-refractivity contribution is -0.114. The number of carbonyl (C=O) groups excluding carboxylic acids is 1. The van der Waals surface area contributed by atoms with Crippen molar-refractivity contribution in [3.8, 4) is 11.5 Å². The van der Waals surface area contributed by atoms with Crippen molar-refractivity contribution in [2.45, 2.75) is 13.3 Å². The van der Waals surface area contributed by atoms with Crippen molar-refractivity contribution in [2.24, 2.45) is 5.16 Å². The van der Waals surface area contributed by atoms with Crippen molar-refractivity contribution in [2.75, 3.05) is 20.3 Å². The molecule has 1 amide bonds. The summed E-state index contributed by atoms with van der Waals surface area (Å²) in [6, 6.07) is 12.1. The first-order valence-corrected chi connectivity index (χ1v) is 8.52. The lowest BCUT2D eigenvalue weighted by atomic mass is 10.1. The van der Waals surface area contributed by atoms with E-state index in [2.05, 4.69) is 10.5 Å². The summed E-state index contributed by atoms with van der Waals surface area (Å²) < 4.78 is 10.8. The van der Waals surface area contributed by atoms with E-state index in [0.717, 1.165) is 5.56 Å². The Morgan fingerprint density at radius 3 is 2.54 bits per heavy atom. The number of nitrogens with zero attached hydrogens (tertiary/aromatic N) is 1. The average molecular weight is 377 g/mol. The molecule has 138 valence electrons. The number of nitrogens with one attached hydrogen (secondary N) is 1. The van der Waals surface area contributed by atoms with Crippen molar-refractivity contribution in [3.63, 3.8) is 0 Å². The van der Waals surface area contributed by atoms with E-state index >= 15 is 0 Å². The molecule has 0 heterocycles. The molecular formula is C19H21ClN2O4. The zero-order valence-electron chi connectivity index (χ0n) is 14.7. The highest BCUT2D eigenvalue weighted by atomic mass is 35.5. The van der Waals surface area contributed by atoms with Crippen LogP contribution < -0.4 is 14.8 Å². The number of ether oxygens (including phenoxy) is 2. The first-order chi connectivity index (χ1) is 12.6. The molecule has 0 aliphatic rings. The van der Waals surface area contributed by atoms with Crippen molar-refractivity contribution >= 4 is 23.2 Å². The van der Waals surface area contributed by atoms with Crippen LogP contribution in [0.4, 0.5) is 0 Å². The summed E-state index contributed by atoms with van der Waals surface area (Å²) in [6.45, 7) is 2.84. The molecule has 7 heteroatoms. The van der Waals surface area contributed by atoms with Gasteiger partial charge in [0.1, 0.15) is 0 Å². The number of hydrogen-bond donors (Lipinski definition) is 2. The fourth-order valence-corrected chi connectivity index (χ4v) is 2.51. The normalized spacial score (nSPS) is 11.1. The Morgan fingerprint density at radius 1 is 1.19 bits per heavy atom. The summed E-state index contributed by atoms with van der Waals surface area (Å²) in [5.74, 6) is 0.863. The van der Waals surface area contributed by atoms with Crippen LogP contribution in [0.5, 0.6) is 11.5 Å². The molecule has 6 nitrogen and oxygen atoms in total. The second-order valence-electron chi connectivity index (χ2n) is 5.38. The van der Waals surface area contributed by atoms with Crippen LogP contribution >= 0.6 is 11.6 Å². The molecule has 0 radical (unpaired) electrons. The predicted octanol–water partition coefficient (Wildman–Crippen LogP) is 3.28. The van der Waals surface area contributed by atoms with Gasteiger partial charge in [-0.25, -0.2) is 0 Å². The van der Waals surface area contributed by atoms with Gasteiger partial charge in [-0.15, -0.1) is 0 Å². The molecule has 0 bridgehead atoms. The summed E-state index contributed by atoms with van der Waals surface area (Å²) in [6.07, 6.45) is 0.591. The quantitative estimate of drug-likeness (QED) is 0.421. The van der Waals surface area contributed by atoms with E-state index in [-0.39, 0.29) is 5.71 Å². The Kier molecular flexibility index (Phi) is 7.29. The van der Waals surface area contributed by atoms with E-state index < -0.39 is 5.91 Å². The third-order valence-corrected chi connectivity index (χ3v) is 3.91. The number of benzene rings is 2. The standard InChI is InChI=1S/C19H21ClN2O4/c1-3-26-16-9-4-13(12-17(16)25-2)10-11-21-19(23)18(22-24)14-5-7-15(20)8-6-14/h4-9,12,24H,3,10-11H2,1-2H3,(H,21,23)/b22-18+. The lowest BCUT2D eigenvalue weighted by Gasteiger charge is -2.11. The average Bonchev–Trinajstić information content (AvgIpc) is 2.65. The Labute approximate surface area is 157 Å². The van der Waals surface area contributed by atoms with Crippen LogP contribution in [0.15, 0.2) is 47.6 Å². The largest absolute Gasteiger partial charge is 0.493 e. The van der Waals surface area contributed by atoms with Crippen LogP contribution in [-0.4, -0.2) is 37.1 Å². The summed E-state index contributed by atoms with van der Waals surface area (Å²) in [4.78, 5) is 12.2. The molecule has 0 saturated heterocycles. The second-order valence-corrected chi connectivity index (χ2v) is 5.82. The minimum absolute atomic E-state index is 0.0639. The molecule has 0 spiro atoms. The maximum Gasteiger partial charge on any atom is 0.273 e. The predicted molar refractivity (Wildman–Crippen MR) is 101 cm³/mol. The van der Waals surface area contributed by atoms with Crippen molar-refractivity contribution in [1.82, 2.24) is 5.32 Å². The van der Waals surface area contributed by atoms with E-state index in [1.54, 1.807) is 31.4 Å². The van der Waals surface area contributed by atoms with Crippen molar-refractivity contribution < 1.29 is 19.5 Å². The van der Waals surface area contributed by atoms with Crippen LogP contribution in [0.1, 0.15) is 18.1 Å². The molecule has 2 rings (SSSR count). The number of amides is 1. The zero-order valence-corrected chi connectivity index (χ0v) is 15.4. The zero-order chi connectivity index (χ0) is 18.9. The van der Waals surface area contributed by atoms with E-state index in [1.807, 2.05) is 25.1 Å². The van der Waals surface area contributed by atoms with Crippen LogP contribution in [0, 0.1) is 0 Å². The van der Waals surface area contributed by atoms with Gasteiger partial charge in [-0.1, -0.05) is 35.0 Å². The molecule has 2 aromatic rings.